The summed E-state index contributed by atoms with van der Waals surface area (Å²) in [5, 5.41) is 6.25. The number of ether oxygens (including phenoxy) is 1. The second kappa shape index (κ2) is 9.97. The zero-order valence-corrected chi connectivity index (χ0v) is 18.2. The Hall–Kier alpha value is -4.17. The topological polar surface area (TPSA) is 111 Å². The van der Waals surface area contributed by atoms with E-state index in [1.54, 1.807) is 24.3 Å². The van der Waals surface area contributed by atoms with Gasteiger partial charge >= 0.3 is 5.97 Å². The first-order chi connectivity index (χ1) is 16.1. The molecule has 0 fully saturated rings. The Labute approximate surface area is 191 Å². The summed E-state index contributed by atoms with van der Waals surface area (Å²) < 4.78 is 6.70. The highest BCUT2D eigenvalue weighted by molar-refractivity contribution is 5.95. The van der Waals surface area contributed by atoms with E-state index in [1.165, 1.54) is 7.11 Å². The van der Waals surface area contributed by atoms with Crippen LogP contribution in [0.15, 0.2) is 72.9 Å². The highest BCUT2D eigenvalue weighted by atomic mass is 16.5. The molecule has 4 N–H and O–H groups in total. The predicted octanol–water partition coefficient (Wildman–Crippen LogP) is 3.09. The van der Waals surface area contributed by atoms with Crippen LogP contribution >= 0.6 is 0 Å². The minimum absolute atomic E-state index is 0.200. The zero-order valence-electron chi connectivity index (χ0n) is 18.2. The first-order valence-electron chi connectivity index (χ1n) is 10.6. The predicted molar refractivity (Wildman–Crippen MR) is 127 cm³/mol. The third kappa shape index (κ3) is 4.86. The zero-order chi connectivity index (χ0) is 23.2. The second-order valence-electron chi connectivity index (χ2n) is 7.41. The summed E-state index contributed by atoms with van der Waals surface area (Å²) in [5.74, 6) is 0.189. The van der Waals surface area contributed by atoms with E-state index in [-0.39, 0.29) is 5.91 Å². The third-order valence-electron chi connectivity index (χ3n) is 5.20. The number of amides is 1. The van der Waals surface area contributed by atoms with Crippen LogP contribution in [-0.2, 0) is 11.3 Å². The Balaban J connectivity index is 1.73. The minimum atomic E-state index is -0.396. The second-order valence-corrected chi connectivity index (χ2v) is 7.41. The molecule has 0 atom stereocenters. The first kappa shape index (κ1) is 22.0. The molecule has 2 aromatic heterocycles. The van der Waals surface area contributed by atoms with Gasteiger partial charge in [-0.15, -0.1) is 0 Å². The molecule has 0 aliphatic carbocycles. The van der Waals surface area contributed by atoms with Crippen LogP contribution in [-0.4, -0.2) is 41.5 Å². The molecule has 33 heavy (non-hydrogen) atoms. The number of rotatable bonds is 8. The van der Waals surface area contributed by atoms with E-state index in [9.17, 15) is 9.59 Å². The fourth-order valence-electron chi connectivity index (χ4n) is 3.51. The van der Waals surface area contributed by atoms with E-state index in [2.05, 4.69) is 10.6 Å². The summed E-state index contributed by atoms with van der Waals surface area (Å²) in [6, 6.07) is 20.6. The van der Waals surface area contributed by atoms with Crippen molar-refractivity contribution < 1.29 is 14.3 Å². The summed E-state index contributed by atoms with van der Waals surface area (Å²) in [4.78, 5) is 29.0. The Kier molecular flexibility index (Phi) is 6.66. The van der Waals surface area contributed by atoms with Crippen LogP contribution in [0.4, 0.5) is 5.82 Å². The highest BCUT2D eigenvalue weighted by Gasteiger charge is 2.17. The third-order valence-corrected chi connectivity index (χ3v) is 5.20. The van der Waals surface area contributed by atoms with Crippen LogP contribution in [0.3, 0.4) is 0 Å². The van der Waals surface area contributed by atoms with Gasteiger partial charge in [-0.25, -0.2) is 9.78 Å². The van der Waals surface area contributed by atoms with Gasteiger partial charge in [0, 0.05) is 37.0 Å². The van der Waals surface area contributed by atoms with E-state index >= 15 is 0 Å². The van der Waals surface area contributed by atoms with Gasteiger partial charge < -0.3 is 21.1 Å². The van der Waals surface area contributed by atoms with Gasteiger partial charge in [0.05, 0.1) is 12.7 Å². The van der Waals surface area contributed by atoms with Gasteiger partial charge in [0.25, 0.3) is 5.91 Å². The summed E-state index contributed by atoms with van der Waals surface area (Å²) in [6.45, 7) is 1.37. The van der Waals surface area contributed by atoms with Crippen molar-refractivity contribution in [2.24, 2.45) is 5.73 Å². The number of hydrogen-bond donors (Lipinski definition) is 3. The molecule has 1 amide bonds. The number of aromatic nitrogens is 2. The van der Waals surface area contributed by atoms with E-state index in [0.29, 0.717) is 42.1 Å². The monoisotopic (exact) mass is 443 g/mol. The van der Waals surface area contributed by atoms with Gasteiger partial charge in [-0.05, 0) is 29.8 Å². The van der Waals surface area contributed by atoms with E-state index in [0.717, 1.165) is 16.9 Å². The van der Waals surface area contributed by atoms with Gasteiger partial charge in [-0.2, -0.15) is 0 Å². The van der Waals surface area contributed by atoms with Crippen LogP contribution in [0.5, 0.6) is 0 Å². The first-order valence-corrected chi connectivity index (χ1v) is 10.6. The average Bonchev–Trinajstić information content (AvgIpc) is 3.24. The lowest BCUT2D eigenvalue weighted by molar-refractivity contribution is 0.0600. The molecule has 0 radical (unpaired) electrons. The van der Waals surface area contributed by atoms with Gasteiger partial charge in [-0.1, -0.05) is 42.5 Å². The van der Waals surface area contributed by atoms with Gasteiger partial charge in [0.2, 0.25) is 0 Å². The number of nitrogens with one attached hydrogen (secondary N) is 2. The molecular formula is C25H25N5O3. The quantitative estimate of drug-likeness (QED) is 0.361. The van der Waals surface area contributed by atoms with Crippen molar-refractivity contribution in [1.82, 2.24) is 14.7 Å². The molecule has 2 aromatic carbocycles. The maximum Gasteiger partial charge on any atom is 0.337 e. The smallest absolute Gasteiger partial charge is 0.337 e. The molecule has 0 aliphatic rings. The number of nitrogens with zero attached hydrogens (tertiary/aromatic N) is 2. The fraction of sp³-hybridized carbons (Fsp3) is 0.160. The Morgan fingerprint density at radius 3 is 2.48 bits per heavy atom. The number of fused-ring (bicyclic) bond motifs is 1. The minimum Gasteiger partial charge on any atom is -0.465 e. The fourth-order valence-corrected chi connectivity index (χ4v) is 3.51. The molecule has 0 saturated heterocycles. The molecular weight excluding hydrogens is 418 g/mol. The maximum absolute atomic E-state index is 12.4. The number of pyridine rings is 1. The molecule has 0 aliphatic heterocycles. The number of hydrogen-bond acceptors (Lipinski definition) is 6. The number of imidazole rings is 1. The summed E-state index contributed by atoms with van der Waals surface area (Å²) in [5.41, 5.74) is 9.73. The molecule has 168 valence electrons. The molecule has 8 nitrogen and oxygen atoms in total. The Morgan fingerprint density at radius 2 is 1.79 bits per heavy atom. The Bertz CT molecular complexity index is 1270. The highest BCUT2D eigenvalue weighted by Crippen LogP contribution is 2.30. The van der Waals surface area contributed by atoms with E-state index in [4.69, 9.17) is 15.5 Å². The summed E-state index contributed by atoms with van der Waals surface area (Å²) in [7, 11) is 1.35. The van der Waals surface area contributed by atoms with E-state index in [1.807, 2.05) is 53.1 Å². The number of carbonyl (C=O) groups is 2. The number of nitrogens with two attached hydrogens (primary N) is 1. The lowest BCUT2D eigenvalue weighted by Gasteiger charge is -2.10. The number of esters is 1. The van der Waals surface area contributed by atoms with Crippen LogP contribution in [0.2, 0.25) is 0 Å². The van der Waals surface area contributed by atoms with Crippen LogP contribution in [0, 0.1) is 0 Å². The van der Waals surface area contributed by atoms with E-state index < -0.39 is 5.97 Å². The molecule has 4 aromatic rings. The SMILES string of the molecule is COC(=O)c1ccc(-c2nc3cc(C(=O)NCCN)ccn3c2NCc2ccccc2)cc1. The molecule has 4 rings (SSSR count). The normalized spacial score (nSPS) is 10.7. The standard InChI is InChI=1S/C25H25N5O3/c1-33-25(32)19-9-7-18(8-10-19)22-23(28-16-17-5-3-2-4-6-17)30-14-11-20(15-21(30)29-22)24(31)27-13-12-26/h2-11,14-15,28H,12-13,16,26H2,1H3,(H,27,31). The van der Waals surface area contributed by atoms with Crippen molar-refractivity contribution in [2.75, 3.05) is 25.5 Å². The van der Waals surface area contributed by atoms with Gasteiger partial charge in [0.1, 0.15) is 17.2 Å². The summed E-state index contributed by atoms with van der Waals surface area (Å²) >= 11 is 0. The number of methoxy groups -OCH3 is 1. The molecule has 2 heterocycles. The number of carbonyl (C=O) groups excluding carboxylic acids is 2. The lowest BCUT2D eigenvalue weighted by atomic mass is 10.1. The van der Waals surface area contributed by atoms with Gasteiger partial charge in [0.15, 0.2) is 0 Å². The lowest BCUT2D eigenvalue weighted by Crippen LogP contribution is -2.29. The molecule has 0 bridgehead atoms. The Morgan fingerprint density at radius 1 is 1.03 bits per heavy atom. The number of benzene rings is 2. The molecule has 8 heteroatoms. The molecule has 0 unspecified atom stereocenters. The molecule has 0 spiro atoms. The van der Waals surface area contributed by atoms with Crippen molar-refractivity contribution >= 4 is 23.3 Å². The van der Waals surface area contributed by atoms with Crippen molar-refractivity contribution in [3.8, 4) is 11.3 Å². The average molecular weight is 444 g/mol. The van der Waals surface area contributed by atoms with Crippen molar-refractivity contribution in [1.29, 1.82) is 0 Å². The van der Waals surface area contributed by atoms with Crippen molar-refractivity contribution in [2.45, 2.75) is 6.54 Å². The van der Waals surface area contributed by atoms with Crippen molar-refractivity contribution in [3.05, 3.63) is 89.6 Å². The molecule has 0 saturated carbocycles. The van der Waals surface area contributed by atoms with Crippen LogP contribution in [0.1, 0.15) is 26.3 Å². The number of anilines is 1. The van der Waals surface area contributed by atoms with Crippen molar-refractivity contribution in [3.63, 3.8) is 0 Å². The van der Waals surface area contributed by atoms with Crippen LogP contribution < -0.4 is 16.4 Å². The maximum atomic E-state index is 12.4. The van der Waals surface area contributed by atoms with Gasteiger partial charge in [-0.3, -0.25) is 9.20 Å². The summed E-state index contributed by atoms with van der Waals surface area (Å²) in [6.07, 6.45) is 1.82. The van der Waals surface area contributed by atoms with Crippen LogP contribution in [0.25, 0.3) is 16.9 Å². The largest absolute Gasteiger partial charge is 0.465 e.